The second-order valence-electron chi connectivity index (χ2n) is 4.19. The third kappa shape index (κ3) is 6.86. The molecule has 112 valence electrons. The molecule has 7 heteroatoms. The molecule has 0 fully saturated rings. The van der Waals surface area contributed by atoms with E-state index in [1.165, 1.54) is 6.20 Å². The number of nitrogens with two attached hydrogens (primary N) is 1. The number of alkyl halides is 2. The summed E-state index contributed by atoms with van der Waals surface area (Å²) in [4.78, 5) is 8.00. The van der Waals surface area contributed by atoms with Gasteiger partial charge in [0.05, 0.1) is 6.54 Å². The van der Waals surface area contributed by atoms with Gasteiger partial charge in [-0.1, -0.05) is 13.3 Å². The minimum absolute atomic E-state index is 0.163. The molecule has 0 spiro atoms. The molecule has 0 saturated carbocycles. The molecule has 0 aliphatic heterocycles. The molecule has 0 atom stereocenters. The highest BCUT2D eigenvalue weighted by Gasteiger charge is 2.04. The van der Waals surface area contributed by atoms with Gasteiger partial charge < -0.3 is 15.8 Å². The number of guanidine groups is 1. The van der Waals surface area contributed by atoms with Gasteiger partial charge in [0.25, 0.3) is 6.43 Å². The maximum atomic E-state index is 12.0. The van der Waals surface area contributed by atoms with E-state index in [-0.39, 0.29) is 5.88 Å². The number of ether oxygens (including phenoxy) is 1. The molecule has 0 radical (unpaired) electrons. The van der Waals surface area contributed by atoms with Crippen LogP contribution >= 0.6 is 0 Å². The molecule has 0 amide bonds. The average molecular weight is 286 g/mol. The second-order valence-corrected chi connectivity index (χ2v) is 4.19. The van der Waals surface area contributed by atoms with Gasteiger partial charge in [0.2, 0.25) is 5.88 Å². The first-order valence-electron chi connectivity index (χ1n) is 6.51. The molecule has 3 N–H and O–H groups in total. The Morgan fingerprint density at radius 3 is 3.05 bits per heavy atom. The summed E-state index contributed by atoms with van der Waals surface area (Å²) in [5, 5.41) is 2.99. The predicted octanol–water partition coefficient (Wildman–Crippen LogP) is 1.93. The molecule has 0 saturated heterocycles. The van der Waals surface area contributed by atoms with Crippen LogP contribution < -0.4 is 15.8 Å². The molecule has 1 aromatic heterocycles. The van der Waals surface area contributed by atoms with Crippen molar-refractivity contribution in [3.63, 3.8) is 0 Å². The van der Waals surface area contributed by atoms with Crippen LogP contribution in [0.2, 0.25) is 0 Å². The van der Waals surface area contributed by atoms with Gasteiger partial charge in [0.1, 0.15) is 0 Å². The van der Waals surface area contributed by atoms with Crippen molar-refractivity contribution in [3.8, 4) is 5.88 Å². The minimum atomic E-state index is -2.52. The van der Waals surface area contributed by atoms with Crippen LogP contribution in [0.3, 0.4) is 0 Å². The van der Waals surface area contributed by atoms with Gasteiger partial charge in [0.15, 0.2) is 12.6 Å². The molecule has 0 bridgehead atoms. The van der Waals surface area contributed by atoms with Crippen LogP contribution in [0.4, 0.5) is 8.78 Å². The predicted molar refractivity (Wildman–Crippen MR) is 74.0 cm³/mol. The number of aromatic nitrogens is 1. The quantitative estimate of drug-likeness (QED) is 0.435. The van der Waals surface area contributed by atoms with Gasteiger partial charge in [-0.25, -0.2) is 18.8 Å². The van der Waals surface area contributed by atoms with Crippen LogP contribution in [0.1, 0.15) is 25.3 Å². The maximum absolute atomic E-state index is 12.0. The van der Waals surface area contributed by atoms with Gasteiger partial charge in [-0.05, 0) is 18.1 Å². The third-order valence-corrected chi connectivity index (χ3v) is 2.42. The van der Waals surface area contributed by atoms with Crippen molar-refractivity contribution in [1.29, 1.82) is 0 Å². The normalized spacial score (nSPS) is 11.7. The van der Waals surface area contributed by atoms with E-state index in [1.54, 1.807) is 12.1 Å². The van der Waals surface area contributed by atoms with Gasteiger partial charge in [-0.3, -0.25) is 0 Å². The number of unbranched alkanes of at least 4 members (excludes halogenated alkanes) is 1. The molecule has 0 aliphatic carbocycles. The molecule has 1 rings (SSSR count). The molecule has 1 aromatic rings. The van der Waals surface area contributed by atoms with Crippen molar-refractivity contribution in [2.24, 2.45) is 10.7 Å². The lowest BCUT2D eigenvalue weighted by Gasteiger charge is -2.06. The Hall–Kier alpha value is -1.92. The van der Waals surface area contributed by atoms with E-state index >= 15 is 0 Å². The van der Waals surface area contributed by atoms with Crippen LogP contribution in [0.5, 0.6) is 5.88 Å². The number of nitrogens with one attached hydrogen (secondary N) is 1. The van der Waals surface area contributed by atoms with E-state index < -0.39 is 13.0 Å². The molecule has 0 aliphatic rings. The van der Waals surface area contributed by atoms with Crippen molar-refractivity contribution in [3.05, 3.63) is 23.9 Å². The number of halogens is 2. The highest BCUT2D eigenvalue weighted by Crippen LogP contribution is 2.11. The van der Waals surface area contributed by atoms with Crippen LogP contribution in [0.15, 0.2) is 23.3 Å². The second kappa shape index (κ2) is 9.06. The van der Waals surface area contributed by atoms with Gasteiger partial charge in [0, 0.05) is 18.8 Å². The number of hydrogen-bond acceptors (Lipinski definition) is 3. The largest absolute Gasteiger partial charge is 0.472 e. The van der Waals surface area contributed by atoms with E-state index in [0.29, 0.717) is 12.5 Å². The van der Waals surface area contributed by atoms with Crippen molar-refractivity contribution < 1.29 is 13.5 Å². The van der Waals surface area contributed by atoms with E-state index in [2.05, 4.69) is 22.2 Å². The highest BCUT2D eigenvalue weighted by molar-refractivity contribution is 5.77. The highest BCUT2D eigenvalue weighted by atomic mass is 19.3. The minimum Gasteiger partial charge on any atom is -0.472 e. The summed E-state index contributed by atoms with van der Waals surface area (Å²) in [7, 11) is 0. The number of pyridine rings is 1. The van der Waals surface area contributed by atoms with Crippen molar-refractivity contribution in [1.82, 2.24) is 10.3 Å². The zero-order valence-corrected chi connectivity index (χ0v) is 11.5. The van der Waals surface area contributed by atoms with Gasteiger partial charge >= 0.3 is 0 Å². The first kappa shape index (κ1) is 16.1. The number of aliphatic imine (C=N–C) groups is 1. The fraction of sp³-hybridized carbons (Fsp3) is 0.538. The fourth-order valence-corrected chi connectivity index (χ4v) is 1.40. The topological polar surface area (TPSA) is 72.5 Å². The first-order chi connectivity index (χ1) is 9.61. The summed E-state index contributed by atoms with van der Waals surface area (Å²) >= 11 is 0. The molecule has 1 heterocycles. The summed E-state index contributed by atoms with van der Waals surface area (Å²) in [6, 6.07) is 3.31. The summed E-state index contributed by atoms with van der Waals surface area (Å²) in [6.45, 7) is 2.55. The van der Waals surface area contributed by atoms with Gasteiger partial charge in [-0.2, -0.15) is 0 Å². The summed E-state index contributed by atoms with van der Waals surface area (Å²) in [5.74, 6) is 0.529. The summed E-state index contributed by atoms with van der Waals surface area (Å²) < 4.78 is 28.9. The number of nitrogens with zero attached hydrogens (tertiary/aromatic N) is 2. The zero-order chi connectivity index (χ0) is 14.8. The summed E-state index contributed by atoms with van der Waals surface area (Å²) in [5.41, 5.74) is 6.49. The lowest BCUT2D eigenvalue weighted by Crippen LogP contribution is -2.32. The maximum Gasteiger partial charge on any atom is 0.272 e. The van der Waals surface area contributed by atoms with Gasteiger partial charge in [-0.15, -0.1) is 0 Å². The lowest BCUT2D eigenvalue weighted by atomic mass is 10.3. The van der Waals surface area contributed by atoms with E-state index in [4.69, 9.17) is 10.5 Å². The Morgan fingerprint density at radius 2 is 2.35 bits per heavy atom. The van der Waals surface area contributed by atoms with E-state index in [9.17, 15) is 8.78 Å². The molecule has 0 aromatic carbocycles. The lowest BCUT2D eigenvalue weighted by molar-refractivity contribution is 0.0795. The van der Waals surface area contributed by atoms with Crippen molar-refractivity contribution >= 4 is 5.96 Å². The zero-order valence-electron chi connectivity index (χ0n) is 11.5. The Kier molecular flexibility index (Phi) is 7.31. The van der Waals surface area contributed by atoms with Crippen LogP contribution in [0, 0.1) is 0 Å². The Bertz CT molecular complexity index is 427. The molecule has 0 unspecified atom stereocenters. The Balaban J connectivity index is 2.46. The third-order valence-electron chi connectivity index (χ3n) is 2.42. The van der Waals surface area contributed by atoms with E-state index in [0.717, 1.165) is 24.9 Å². The van der Waals surface area contributed by atoms with Crippen molar-refractivity contribution in [2.75, 3.05) is 13.2 Å². The number of hydrogen-bond donors (Lipinski definition) is 2. The monoisotopic (exact) mass is 286 g/mol. The van der Waals surface area contributed by atoms with Crippen molar-refractivity contribution in [2.45, 2.75) is 32.7 Å². The SMILES string of the molecule is CCCCNC(N)=NCc1ccnc(OCC(F)F)c1. The smallest absolute Gasteiger partial charge is 0.272 e. The molecular formula is C13H20F2N4O. The standard InChI is InChI=1S/C13H20F2N4O/c1-2-3-5-18-13(16)19-8-10-4-6-17-12(7-10)20-9-11(14)15/h4,6-7,11H,2-3,5,8-9H2,1H3,(H3,16,18,19). The van der Waals surface area contributed by atoms with Crippen LogP contribution in [-0.4, -0.2) is 30.5 Å². The van der Waals surface area contributed by atoms with Crippen LogP contribution in [-0.2, 0) is 6.54 Å². The first-order valence-corrected chi connectivity index (χ1v) is 6.51. The fourth-order valence-electron chi connectivity index (χ4n) is 1.40. The molecule has 20 heavy (non-hydrogen) atoms. The Morgan fingerprint density at radius 1 is 1.55 bits per heavy atom. The molecular weight excluding hydrogens is 266 g/mol. The molecule has 5 nitrogen and oxygen atoms in total. The summed E-state index contributed by atoms with van der Waals surface area (Å²) in [6.07, 6.45) is 1.08. The Labute approximate surface area is 117 Å². The van der Waals surface area contributed by atoms with E-state index in [1.807, 2.05) is 0 Å². The number of rotatable bonds is 8. The average Bonchev–Trinajstić information content (AvgIpc) is 2.44. The van der Waals surface area contributed by atoms with Crippen LogP contribution in [0.25, 0.3) is 0 Å².